The molecule has 0 saturated heterocycles. The number of nitrogens with one attached hydrogen (secondary N) is 1. The van der Waals surface area contributed by atoms with Crippen molar-refractivity contribution < 1.29 is 9.32 Å². The highest BCUT2D eigenvalue weighted by atomic mass is 16.5. The average molecular weight is 211 g/mol. The molecule has 0 saturated carbocycles. The fourth-order valence-electron chi connectivity index (χ4n) is 1.22. The number of rotatable bonds is 6. The van der Waals surface area contributed by atoms with E-state index in [1.165, 1.54) is 0 Å². The van der Waals surface area contributed by atoms with Gasteiger partial charge in [-0.05, 0) is 13.3 Å². The second-order valence-corrected chi connectivity index (χ2v) is 3.31. The van der Waals surface area contributed by atoms with Crippen LogP contribution in [0.2, 0.25) is 0 Å². The van der Waals surface area contributed by atoms with Gasteiger partial charge < -0.3 is 9.84 Å². The maximum atomic E-state index is 11.1. The van der Waals surface area contributed by atoms with E-state index in [0.29, 0.717) is 25.3 Å². The van der Waals surface area contributed by atoms with Gasteiger partial charge in [-0.2, -0.15) is 4.98 Å². The molecule has 1 N–H and O–H groups in total. The van der Waals surface area contributed by atoms with Gasteiger partial charge in [0.25, 0.3) is 0 Å². The fourth-order valence-corrected chi connectivity index (χ4v) is 1.22. The number of carbonyl (C=O) groups excluding carboxylic acids is 1. The van der Waals surface area contributed by atoms with Gasteiger partial charge in [-0.15, -0.1) is 0 Å². The minimum Gasteiger partial charge on any atom is -0.356 e. The third-order valence-corrected chi connectivity index (χ3v) is 1.92. The second kappa shape index (κ2) is 6.16. The van der Waals surface area contributed by atoms with Gasteiger partial charge in [0.2, 0.25) is 11.8 Å². The molecule has 0 atom stereocenters. The van der Waals surface area contributed by atoms with Crippen LogP contribution >= 0.6 is 0 Å². The molecule has 0 fully saturated rings. The number of nitrogens with zero attached hydrogens (tertiary/aromatic N) is 2. The molecule has 1 heterocycles. The van der Waals surface area contributed by atoms with E-state index in [2.05, 4.69) is 22.4 Å². The van der Waals surface area contributed by atoms with Crippen LogP contribution in [-0.4, -0.2) is 22.6 Å². The minimum absolute atomic E-state index is 0.0211. The first-order valence-corrected chi connectivity index (χ1v) is 5.34. The zero-order valence-corrected chi connectivity index (χ0v) is 9.25. The lowest BCUT2D eigenvalue weighted by molar-refractivity contribution is -0.121. The summed E-state index contributed by atoms with van der Waals surface area (Å²) in [5.41, 5.74) is 0. The van der Waals surface area contributed by atoms with Gasteiger partial charge in [0.1, 0.15) is 0 Å². The molecule has 5 nitrogen and oxygen atoms in total. The van der Waals surface area contributed by atoms with Crippen molar-refractivity contribution in [1.82, 2.24) is 15.5 Å². The molecule has 1 rings (SSSR count). The van der Waals surface area contributed by atoms with Crippen molar-refractivity contribution in [2.75, 3.05) is 6.54 Å². The van der Waals surface area contributed by atoms with E-state index in [0.717, 1.165) is 18.7 Å². The van der Waals surface area contributed by atoms with E-state index < -0.39 is 0 Å². The Hall–Kier alpha value is -1.39. The highest BCUT2D eigenvalue weighted by Crippen LogP contribution is 2.02. The first kappa shape index (κ1) is 11.7. The highest BCUT2D eigenvalue weighted by Gasteiger charge is 2.07. The van der Waals surface area contributed by atoms with E-state index in [1.54, 1.807) is 0 Å². The molecule has 0 aliphatic rings. The molecule has 0 aliphatic heterocycles. The predicted molar refractivity (Wildman–Crippen MR) is 55.3 cm³/mol. The normalized spacial score (nSPS) is 10.3. The first-order valence-electron chi connectivity index (χ1n) is 5.34. The van der Waals surface area contributed by atoms with Gasteiger partial charge in [-0.3, -0.25) is 4.79 Å². The van der Waals surface area contributed by atoms with Crippen LogP contribution in [0.25, 0.3) is 0 Å². The van der Waals surface area contributed by atoms with Crippen molar-refractivity contribution in [2.24, 2.45) is 0 Å². The van der Waals surface area contributed by atoms with E-state index in [1.807, 2.05) is 6.92 Å². The maximum Gasteiger partial charge on any atom is 0.227 e. The molecule has 0 bridgehead atoms. The molecular formula is C10H17N3O2. The lowest BCUT2D eigenvalue weighted by atomic mass is 10.3. The molecule has 0 aliphatic carbocycles. The molecular weight excluding hydrogens is 194 g/mol. The number of aryl methyl sites for hydroxylation is 2. The van der Waals surface area contributed by atoms with Crippen LogP contribution in [0, 0.1) is 0 Å². The highest BCUT2D eigenvalue weighted by molar-refractivity contribution is 5.75. The van der Waals surface area contributed by atoms with E-state index >= 15 is 0 Å². The number of hydrogen-bond donors (Lipinski definition) is 1. The third-order valence-electron chi connectivity index (χ3n) is 1.92. The van der Waals surface area contributed by atoms with Crippen LogP contribution in [0.5, 0.6) is 0 Å². The van der Waals surface area contributed by atoms with E-state index in [4.69, 9.17) is 4.52 Å². The SMILES string of the molecule is CCCc1noc(CCC(=O)NCC)n1. The smallest absolute Gasteiger partial charge is 0.227 e. The number of carbonyl (C=O) groups is 1. The van der Waals surface area contributed by atoms with Gasteiger partial charge in [0, 0.05) is 25.8 Å². The van der Waals surface area contributed by atoms with Crippen molar-refractivity contribution in [1.29, 1.82) is 0 Å². The van der Waals surface area contributed by atoms with Gasteiger partial charge in [0.15, 0.2) is 5.82 Å². The maximum absolute atomic E-state index is 11.1. The largest absolute Gasteiger partial charge is 0.356 e. The zero-order chi connectivity index (χ0) is 11.1. The Balaban J connectivity index is 2.34. The Labute approximate surface area is 89.2 Å². The molecule has 0 unspecified atom stereocenters. The molecule has 84 valence electrons. The zero-order valence-electron chi connectivity index (χ0n) is 9.25. The lowest BCUT2D eigenvalue weighted by Gasteiger charge is -1.97. The van der Waals surface area contributed by atoms with Crippen molar-refractivity contribution in [3.05, 3.63) is 11.7 Å². The molecule has 1 aromatic rings. The van der Waals surface area contributed by atoms with Crippen LogP contribution in [0.1, 0.15) is 38.4 Å². The van der Waals surface area contributed by atoms with Crippen molar-refractivity contribution >= 4 is 5.91 Å². The standard InChI is InChI=1S/C10H17N3O2/c1-3-5-8-12-10(15-13-8)7-6-9(14)11-4-2/h3-7H2,1-2H3,(H,11,14). The van der Waals surface area contributed by atoms with Gasteiger partial charge in [0.05, 0.1) is 0 Å². The Bertz CT molecular complexity index is 309. The Kier molecular flexibility index (Phi) is 4.80. The first-order chi connectivity index (χ1) is 7.26. The quantitative estimate of drug-likeness (QED) is 0.764. The fraction of sp³-hybridized carbons (Fsp3) is 0.700. The van der Waals surface area contributed by atoms with Gasteiger partial charge in [-0.1, -0.05) is 12.1 Å². The van der Waals surface area contributed by atoms with Gasteiger partial charge in [-0.25, -0.2) is 0 Å². The Morgan fingerprint density at radius 1 is 1.40 bits per heavy atom. The summed E-state index contributed by atoms with van der Waals surface area (Å²) < 4.78 is 5.00. The second-order valence-electron chi connectivity index (χ2n) is 3.31. The molecule has 1 aromatic heterocycles. The summed E-state index contributed by atoms with van der Waals surface area (Å²) in [5, 5.41) is 6.53. The van der Waals surface area contributed by atoms with Crippen LogP contribution < -0.4 is 5.32 Å². The summed E-state index contributed by atoms with van der Waals surface area (Å²) in [6.45, 7) is 4.61. The van der Waals surface area contributed by atoms with Crippen LogP contribution in [0.15, 0.2) is 4.52 Å². The summed E-state index contributed by atoms with van der Waals surface area (Å²) in [5.74, 6) is 1.29. The van der Waals surface area contributed by atoms with Crippen molar-refractivity contribution in [2.45, 2.75) is 39.5 Å². The summed E-state index contributed by atoms with van der Waals surface area (Å²) in [7, 11) is 0. The molecule has 0 radical (unpaired) electrons. The monoisotopic (exact) mass is 211 g/mol. The Morgan fingerprint density at radius 3 is 2.87 bits per heavy atom. The van der Waals surface area contributed by atoms with E-state index in [9.17, 15) is 4.79 Å². The minimum atomic E-state index is 0.0211. The lowest BCUT2D eigenvalue weighted by Crippen LogP contribution is -2.22. The van der Waals surface area contributed by atoms with E-state index in [-0.39, 0.29) is 5.91 Å². The predicted octanol–water partition coefficient (Wildman–Crippen LogP) is 1.09. The molecule has 15 heavy (non-hydrogen) atoms. The summed E-state index contributed by atoms with van der Waals surface area (Å²) >= 11 is 0. The molecule has 0 aromatic carbocycles. The summed E-state index contributed by atoms with van der Waals surface area (Å²) in [4.78, 5) is 15.3. The van der Waals surface area contributed by atoms with Crippen LogP contribution in [-0.2, 0) is 17.6 Å². The van der Waals surface area contributed by atoms with Crippen LogP contribution in [0.3, 0.4) is 0 Å². The third kappa shape index (κ3) is 4.10. The Morgan fingerprint density at radius 2 is 2.20 bits per heavy atom. The number of amides is 1. The topological polar surface area (TPSA) is 68.0 Å². The van der Waals surface area contributed by atoms with Crippen molar-refractivity contribution in [3.63, 3.8) is 0 Å². The number of aromatic nitrogens is 2. The van der Waals surface area contributed by atoms with Crippen LogP contribution in [0.4, 0.5) is 0 Å². The molecule has 1 amide bonds. The summed E-state index contributed by atoms with van der Waals surface area (Å²) in [6, 6.07) is 0. The van der Waals surface area contributed by atoms with Gasteiger partial charge >= 0.3 is 0 Å². The van der Waals surface area contributed by atoms with Crippen molar-refractivity contribution in [3.8, 4) is 0 Å². The molecule has 5 heteroatoms. The number of hydrogen-bond acceptors (Lipinski definition) is 4. The average Bonchev–Trinajstić information content (AvgIpc) is 2.64. The summed E-state index contributed by atoms with van der Waals surface area (Å²) in [6.07, 6.45) is 2.74. The molecule has 0 spiro atoms.